The third-order valence-corrected chi connectivity index (χ3v) is 2.82. The van der Waals surface area contributed by atoms with Gasteiger partial charge in [0.15, 0.2) is 11.5 Å². The van der Waals surface area contributed by atoms with Gasteiger partial charge in [-0.15, -0.1) is 0 Å². The lowest BCUT2D eigenvalue weighted by Crippen LogP contribution is -2.21. The van der Waals surface area contributed by atoms with Gasteiger partial charge in [0.05, 0.1) is 6.61 Å². The molecule has 3 N–H and O–H groups in total. The van der Waals surface area contributed by atoms with Crippen LogP contribution in [0.2, 0.25) is 0 Å². The summed E-state index contributed by atoms with van der Waals surface area (Å²) >= 11 is 0. The zero-order valence-electron chi connectivity index (χ0n) is 8.68. The van der Waals surface area contributed by atoms with Crippen LogP contribution in [0, 0.1) is 5.41 Å². The van der Waals surface area contributed by atoms with Crippen LogP contribution in [0.4, 0.5) is 5.82 Å². The molecule has 1 heterocycles. The number of hydrogen-bond acceptors (Lipinski definition) is 5. The van der Waals surface area contributed by atoms with Gasteiger partial charge in [0.2, 0.25) is 0 Å². The summed E-state index contributed by atoms with van der Waals surface area (Å²) in [6, 6.07) is 0. The summed E-state index contributed by atoms with van der Waals surface area (Å²) in [5.41, 5.74) is -0.177. The van der Waals surface area contributed by atoms with Crippen LogP contribution in [0.25, 0.3) is 0 Å². The molecule has 0 aliphatic heterocycles. The fraction of sp³-hybridized carbons (Fsp3) is 0.500. The van der Waals surface area contributed by atoms with E-state index in [0.717, 1.165) is 12.8 Å². The summed E-state index contributed by atoms with van der Waals surface area (Å²) in [4.78, 5) is 18.5. The molecular formula is C10H13N3O3. The highest BCUT2D eigenvalue weighted by atomic mass is 16.4. The highest BCUT2D eigenvalue weighted by Gasteiger charge is 2.41. The predicted octanol–water partition coefficient (Wildman–Crippen LogP) is 0.359. The van der Waals surface area contributed by atoms with Gasteiger partial charge in [-0.1, -0.05) is 0 Å². The summed E-state index contributed by atoms with van der Waals surface area (Å²) in [6.45, 7) is 0.644. The number of hydrogen-bond donors (Lipinski definition) is 3. The van der Waals surface area contributed by atoms with Crippen molar-refractivity contribution in [3.8, 4) is 0 Å². The van der Waals surface area contributed by atoms with Crippen LogP contribution in [0.15, 0.2) is 12.4 Å². The molecule has 16 heavy (non-hydrogen) atoms. The van der Waals surface area contributed by atoms with Crippen molar-refractivity contribution in [1.29, 1.82) is 0 Å². The van der Waals surface area contributed by atoms with Gasteiger partial charge < -0.3 is 15.5 Å². The predicted molar refractivity (Wildman–Crippen MR) is 56.2 cm³/mol. The maximum Gasteiger partial charge on any atom is 0.358 e. The van der Waals surface area contributed by atoms with Gasteiger partial charge in [0.25, 0.3) is 0 Å². The molecule has 1 aliphatic rings. The van der Waals surface area contributed by atoms with Crippen molar-refractivity contribution >= 4 is 11.8 Å². The lowest BCUT2D eigenvalue weighted by Gasteiger charge is -2.13. The molecule has 1 fully saturated rings. The minimum atomic E-state index is -1.11. The molecule has 0 saturated heterocycles. The Morgan fingerprint density at radius 1 is 1.44 bits per heavy atom. The Kier molecular flexibility index (Phi) is 2.74. The first-order valence-corrected chi connectivity index (χ1v) is 5.06. The maximum absolute atomic E-state index is 10.8. The summed E-state index contributed by atoms with van der Waals surface area (Å²) in [6.07, 6.45) is 4.69. The topological polar surface area (TPSA) is 95.3 Å². The van der Waals surface area contributed by atoms with E-state index >= 15 is 0 Å². The number of nitrogens with zero attached hydrogens (tertiary/aromatic N) is 2. The average Bonchev–Trinajstić information content (AvgIpc) is 3.07. The molecule has 0 aromatic carbocycles. The monoisotopic (exact) mass is 223 g/mol. The molecule has 0 radical (unpaired) electrons. The van der Waals surface area contributed by atoms with E-state index in [1.807, 2.05) is 0 Å². The van der Waals surface area contributed by atoms with Gasteiger partial charge in [-0.25, -0.2) is 14.8 Å². The van der Waals surface area contributed by atoms with Crippen LogP contribution in [0.3, 0.4) is 0 Å². The quantitative estimate of drug-likeness (QED) is 0.667. The number of anilines is 1. The number of aromatic nitrogens is 2. The average molecular weight is 223 g/mol. The van der Waals surface area contributed by atoms with Crippen molar-refractivity contribution in [2.75, 3.05) is 18.5 Å². The standard InChI is InChI=1S/C10H13N3O3/c14-6-10(1-2-10)5-13-8-7(9(15)16)11-3-4-12-8/h3-4,14H,1-2,5-6H2,(H,12,13)(H,15,16). The Balaban J connectivity index is 2.06. The van der Waals surface area contributed by atoms with Gasteiger partial charge in [-0.2, -0.15) is 0 Å². The van der Waals surface area contributed by atoms with E-state index in [-0.39, 0.29) is 23.5 Å². The third kappa shape index (κ3) is 2.11. The number of aliphatic hydroxyl groups excluding tert-OH is 1. The van der Waals surface area contributed by atoms with Crippen LogP contribution in [-0.4, -0.2) is 39.3 Å². The zero-order chi connectivity index (χ0) is 11.6. The molecule has 6 heteroatoms. The number of aliphatic hydroxyl groups is 1. The van der Waals surface area contributed by atoms with Gasteiger partial charge in [0, 0.05) is 24.4 Å². The van der Waals surface area contributed by atoms with Crippen LogP contribution in [0.5, 0.6) is 0 Å². The number of carbonyl (C=O) groups is 1. The SMILES string of the molecule is O=C(O)c1nccnc1NCC1(CO)CC1. The van der Waals surface area contributed by atoms with Crippen LogP contribution in [0.1, 0.15) is 23.3 Å². The molecule has 1 aliphatic carbocycles. The Bertz CT molecular complexity index is 404. The molecule has 6 nitrogen and oxygen atoms in total. The van der Waals surface area contributed by atoms with E-state index in [1.165, 1.54) is 12.4 Å². The zero-order valence-corrected chi connectivity index (χ0v) is 8.68. The normalized spacial score (nSPS) is 16.8. The lowest BCUT2D eigenvalue weighted by atomic mass is 10.1. The number of aromatic carboxylic acids is 1. The number of nitrogens with one attached hydrogen (secondary N) is 1. The van der Waals surface area contributed by atoms with Gasteiger partial charge in [-0.05, 0) is 12.8 Å². The van der Waals surface area contributed by atoms with Crippen LogP contribution in [-0.2, 0) is 0 Å². The van der Waals surface area contributed by atoms with Gasteiger partial charge >= 0.3 is 5.97 Å². The van der Waals surface area contributed by atoms with E-state index < -0.39 is 5.97 Å². The Hall–Kier alpha value is -1.69. The largest absolute Gasteiger partial charge is 0.476 e. The summed E-state index contributed by atoms with van der Waals surface area (Å²) in [5, 5.41) is 20.9. The van der Waals surface area contributed by atoms with Crippen molar-refractivity contribution in [2.45, 2.75) is 12.8 Å². The first-order valence-electron chi connectivity index (χ1n) is 5.06. The molecule has 0 atom stereocenters. The van der Waals surface area contributed by atoms with E-state index in [1.54, 1.807) is 0 Å². The molecule has 2 rings (SSSR count). The Morgan fingerprint density at radius 2 is 2.12 bits per heavy atom. The fourth-order valence-electron chi connectivity index (χ4n) is 1.46. The minimum Gasteiger partial charge on any atom is -0.476 e. The molecule has 86 valence electrons. The summed E-state index contributed by atoms with van der Waals surface area (Å²) in [7, 11) is 0. The molecule has 0 unspecified atom stereocenters. The maximum atomic E-state index is 10.8. The molecule has 1 aromatic rings. The molecule has 0 spiro atoms. The van der Waals surface area contributed by atoms with Crippen LogP contribution < -0.4 is 5.32 Å². The van der Waals surface area contributed by atoms with Crippen molar-refractivity contribution in [3.05, 3.63) is 18.1 Å². The van der Waals surface area contributed by atoms with Crippen LogP contribution >= 0.6 is 0 Å². The summed E-state index contributed by atoms with van der Waals surface area (Å²) in [5.74, 6) is -0.848. The van der Waals surface area contributed by atoms with E-state index in [4.69, 9.17) is 10.2 Å². The van der Waals surface area contributed by atoms with Crippen molar-refractivity contribution < 1.29 is 15.0 Å². The fourth-order valence-corrected chi connectivity index (χ4v) is 1.46. The Morgan fingerprint density at radius 3 is 2.69 bits per heavy atom. The Labute approximate surface area is 92.4 Å². The first kappa shape index (κ1) is 10.8. The number of rotatable bonds is 5. The molecule has 0 amide bonds. The second-order valence-corrected chi connectivity index (χ2v) is 4.07. The third-order valence-electron chi connectivity index (χ3n) is 2.82. The van der Waals surface area contributed by atoms with Crippen molar-refractivity contribution in [1.82, 2.24) is 9.97 Å². The lowest BCUT2D eigenvalue weighted by molar-refractivity contribution is 0.0691. The van der Waals surface area contributed by atoms with Crippen molar-refractivity contribution in [2.24, 2.45) is 5.41 Å². The smallest absolute Gasteiger partial charge is 0.358 e. The second-order valence-electron chi connectivity index (χ2n) is 4.07. The van der Waals surface area contributed by atoms with E-state index in [9.17, 15) is 4.79 Å². The highest BCUT2D eigenvalue weighted by molar-refractivity contribution is 5.90. The van der Waals surface area contributed by atoms with Crippen molar-refractivity contribution in [3.63, 3.8) is 0 Å². The van der Waals surface area contributed by atoms with Gasteiger partial charge in [0.1, 0.15) is 0 Å². The van der Waals surface area contributed by atoms with E-state index in [0.29, 0.717) is 6.54 Å². The minimum absolute atomic E-state index is 0.0868. The summed E-state index contributed by atoms with van der Waals surface area (Å²) < 4.78 is 0. The molecule has 1 aromatic heterocycles. The number of carboxylic acid groups (broad SMARTS) is 1. The molecule has 0 bridgehead atoms. The van der Waals surface area contributed by atoms with Gasteiger partial charge in [-0.3, -0.25) is 0 Å². The number of carboxylic acids is 1. The highest BCUT2D eigenvalue weighted by Crippen LogP contribution is 2.44. The molecular weight excluding hydrogens is 210 g/mol. The first-order chi connectivity index (χ1) is 7.67. The molecule has 1 saturated carbocycles. The van der Waals surface area contributed by atoms with E-state index in [2.05, 4.69) is 15.3 Å². The second kappa shape index (κ2) is 4.05.